The lowest BCUT2D eigenvalue weighted by Gasteiger charge is -2.34. The van der Waals surface area contributed by atoms with Crippen LogP contribution in [-0.2, 0) is 14.4 Å². The molecule has 0 amide bonds. The Morgan fingerprint density at radius 1 is 1.03 bits per heavy atom. The Hall–Kier alpha value is -2.98. The van der Waals surface area contributed by atoms with Crippen molar-refractivity contribution < 1.29 is 19.5 Å². The number of nitrogens with one attached hydrogen (secondary N) is 1. The van der Waals surface area contributed by atoms with Gasteiger partial charge >= 0.3 is 5.97 Å². The molecule has 3 aliphatic heterocycles. The van der Waals surface area contributed by atoms with Gasteiger partial charge < -0.3 is 19.6 Å². The van der Waals surface area contributed by atoms with E-state index in [1.54, 1.807) is 0 Å². The molecular formula is C28H37N5O4. The molecule has 2 unspecified atom stereocenters. The molecule has 0 spiro atoms. The highest BCUT2D eigenvalue weighted by molar-refractivity contribution is 5.79. The van der Waals surface area contributed by atoms with Gasteiger partial charge in [-0.1, -0.05) is 42.5 Å². The molecular weight excluding hydrogens is 470 g/mol. The number of benzene rings is 2. The van der Waals surface area contributed by atoms with E-state index in [2.05, 4.69) is 74.9 Å². The number of anilines is 1. The average Bonchev–Trinajstić information content (AvgIpc) is 3.41. The Labute approximate surface area is 218 Å². The van der Waals surface area contributed by atoms with E-state index in [1.165, 1.54) is 11.3 Å². The molecule has 3 heterocycles. The minimum atomic E-state index is -0.906. The number of ether oxygens (including phenoxy) is 1. The van der Waals surface area contributed by atoms with Gasteiger partial charge in [0.1, 0.15) is 6.61 Å². The summed E-state index contributed by atoms with van der Waals surface area (Å²) in [5.74, 6) is -0.906. The van der Waals surface area contributed by atoms with E-state index in [9.17, 15) is 4.79 Å². The standard InChI is InChI=1S/C28H37N5O4/c34-28(35)21-36-25-10-12-31(13-11-25)20-26-18-27(30-37-26)23-8-6-22(7-9-23)19-29-33-16-14-32(15-17-33)24-4-2-1-3-5-24/h1-9,19,25-27,30H,10-18,20-21H2,(H,34,35). The molecule has 37 heavy (non-hydrogen) atoms. The van der Waals surface area contributed by atoms with Crippen LogP contribution < -0.4 is 10.4 Å². The number of carboxylic acids is 1. The van der Waals surface area contributed by atoms with Gasteiger partial charge in [0.15, 0.2) is 0 Å². The highest BCUT2D eigenvalue weighted by Crippen LogP contribution is 2.27. The van der Waals surface area contributed by atoms with Crippen LogP contribution in [0.25, 0.3) is 0 Å². The van der Waals surface area contributed by atoms with Gasteiger partial charge in [-0.2, -0.15) is 10.6 Å². The maximum absolute atomic E-state index is 10.7. The van der Waals surface area contributed by atoms with E-state index >= 15 is 0 Å². The van der Waals surface area contributed by atoms with E-state index in [0.29, 0.717) is 0 Å². The molecule has 3 fully saturated rings. The second-order valence-electron chi connectivity index (χ2n) is 10.0. The third-order valence-electron chi connectivity index (χ3n) is 7.40. The largest absolute Gasteiger partial charge is 0.480 e. The maximum Gasteiger partial charge on any atom is 0.329 e. The first-order valence-corrected chi connectivity index (χ1v) is 13.3. The molecule has 2 atom stereocenters. The zero-order chi connectivity index (χ0) is 25.5. The van der Waals surface area contributed by atoms with Crippen molar-refractivity contribution in [3.8, 4) is 0 Å². The first kappa shape index (κ1) is 25.7. The van der Waals surface area contributed by atoms with Crippen molar-refractivity contribution >= 4 is 17.9 Å². The number of piperidine rings is 1. The van der Waals surface area contributed by atoms with Gasteiger partial charge in [-0.05, 0) is 42.5 Å². The minimum absolute atomic E-state index is 0.0451. The van der Waals surface area contributed by atoms with Gasteiger partial charge in [-0.3, -0.25) is 9.85 Å². The van der Waals surface area contributed by atoms with Crippen molar-refractivity contribution in [2.45, 2.75) is 37.5 Å². The minimum Gasteiger partial charge on any atom is -0.480 e. The summed E-state index contributed by atoms with van der Waals surface area (Å²) >= 11 is 0. The molecule has 2 aromatic rings. The number of carbonyl (C=O) groups is 1. The number of hydrogen-bond acceptors (Lipinski definition) is 8. The van der Waals surface area contributed by atoms with Gasteiger partial charge in [0, 0.05) is 38.4 Å². The van der Waals surface area contributed by atoms with Gasteiger partial charge in [0.25, 0.3) is 0 Å². The number of carboxylic acid groups (broad SMARTS) is 1. The molecule has 198 valence electrons. The highest BCUT2D eigenvalue weighted by Gasteiger charge is 2.30. The fourth-order valence-electron chi connectivity index (χ4n) is 5.26. The number of hydrogen-bond donors (Lipinski definition) is 2. The van der Waals surface area contributed by atoms with Crippen LogP contribution in [0.5, 0.6) is 0 Å². The van der Waals surface area contributed by atoms with Crippen LogP contribution in [-0.4, -0.2) is 91.8 Å². The molecule has 3 saturated heterocycles. The molecule has 0 bridgehead atoms. The first-order valence-electron chi connectivity index (χ1n) is 13.3. The second kappa shape index (κ2) is 12.5. The lowest BCUT2D eigenvalue weighted by atomic mass is 10.0. The predicted molar refractivity (Wildman–Crippen MR) is 143 cm³/mol. The van der Waals surface area contributed by atoms with Gasteiger partial charge in [-0.25, -0.2) is 4.79 Å². The molecule has 9 heteroatoms. The van der Waals surface area contributed by atoms with Crippen LogP contribution in [0.4, 0.5) is 5.69 Å². The smallest absolute Gasteiger partial charge is 0.329 e. The van der Waals surface area contributed by atoms with E-state index in [1.807, 2.05) is 6.21 Å². The third kappa shape index (κ3) is 7.29. The molecule has 3 aliphatic rings. The van der Waals surface area contributed by atoms with Crippen LogP contribution in [0.1, 0.15) is 36.4 Å². The van der Waals surface area contributed by atoms with Crippen LogP contribution in [0.3, 0.4) is 0 Å². The van der Waals surface area contributed by atoms with Crippen LogP contribution >= 0.6 is 0 Å². The summed E-state index contributed by atoms with van der Waals surface area (Å²) in [6, 6.07) is 19.3. The molecule has 5 rings (SSSR count). The second-order valence-corrected chi connectivity index (χ2v) is 10.0. The average molecular weight is 508 g/mol. The van der Waals surface area contributed by atoms with Gasteiger partial charge in [0.05, 0.1) is 37.6 Å². The number of aliphatic carboxylic acids is 1. The Morgan fingerprint density at radius 2 is 1.76 bits per heavy atom. The summed E-state index contributed by atoms with van der Waals surface area (Å²) in [4.78, 5) is 21.4. The Bertz CT molecular complexity index is 1020. The van der Waals surface area contributed by atoms with Crippen molar-refractivity contribution in [3.05, 3.63) is 65.7 Å². The summed E-state index contributed by atoms with van der Waals surface area (Å²) in [7, 11) is 0. The molecule has 0 saturated carbocycles. The van der Waals surface area contributed by atoms with Crippen LogP contribution in [0.2, 0.25) is 0 Å². The highest BCUT2D eigenvalue weighted by atomic mass is 16.7. The number of nitrogens with zero attached hydrogens (tertiary/aromatic N) is 4. The number of rotatable bonds is 9. The van der Waals surface area contributed by atoms with E-state index < -0.39 is 5.97 Å². The van der Waals surface area contributed by atoms with Gasteiger partial charge in [0.2, 0.25) is 0 Å². The molecule has 9 nitrogen and oxygen atoms in total. The summed E-state index contributed by atoms with van der Waals surface area (Å²) in [6.07, 6.45) is 4.79. The number of para-hydroxylation sites is 1. The number of piperazine rings is 1. The quantitative estimate of drug-likeness (QED) is 0.501. The first-order chi connectivity index (χ1) is 18.1. The normalized spacial score (nSPS) is 23.7. The molecule has 2 aromatic carbocycles. The van der Waals surface area contributed by atoms with Crippen molar-refractivity contribution in [3.63, 3.8) is 0 Å². The molecule has 2 N–H and O–H groups in total. The van der Waals surface area contributed by atoms with E-state index in [4.69, 9.17) is 19.8 Å². The summed E-state index contributed by atoms with van der Waals surface area (Å²) in [5, 5.41) is 15.6. The fourth-order valence-corrected chi connectivity index (χ4v) is 5.26. The molecule has 0 aliphatic carbocycles. The van der Waals surface area contributed by atoms with Crippen LogP contribution in [0, 0.1) is 0 Å². The zero-order valence-corrected chi connectivity index (χ0v) is 21.2. The SMILES string of the molecule is O=C(O)COC1CCN(CC2CC(c3ccc(C=NN4CCN(c5ccccc5)CC4)cc3)NO2)CC1. The maximum atomic E-state index is 10.7. The summed E-state index contributed by atoms with van der Waals surface area (Å²) in [6.45, 7) is 6.27. The van der Waals surface area contributed by atoms with Crippen molar-refractivity contribution in [2.75, 3.05) is 57.3 Å². The lowest BCUT2D eigenvalue weighted by molar-refractivity contribution is -0.145. The fraction of sp³-hybridized carbons (Fsp3) is 0.500. The molecule has 0 radical (unpaired) electrons. The monoisotopic (exact) mass is 507 g/mol. The zero-order valence-electron chi connectivity index (χ0n) is 21.2. The van der Waals surface area contributed by atoms with Gasteiger partial charge in [-0.15, -0.1) is 0 Å². The number of hydroxylamine groups is 1. The Kier molecular flexibility index (Phi) is 8.68. The predicted octanol–water partition coefficient (Wildman–Crippen LogP) is 2.74. The van der Waals surface area contributed by atoms with E-state index in [-0.39, 0.29) is 24.9 Å². The summed E-state index contributed by atoms with van der Waals surface area (Å²) < 4.78 is 5.44. The van der Waals surface area contributed by atoms with Crippen molar-refractivity contribution in [1.29, 1.82) is 0 Å². The molecule has 0 aromatic heterocycles. The third-order valence-corrected chi connectivity index (χ3v) is 7.40. The Balaban J connectivity index is 1.03. The lowest BCUT2D eigenvalue weighted by Crippen LogP contribution is -2.44. The Morgan fingerprint density at radius 3 is 2.46 bits per heavy atom. The number of hydrazone groups is 1. The van der Waals surface area contributed by atoms with Crippen molar-refractivity contribution in [1.82, 2.24) is 15.4 Å². The van der Waals surface area contributed by atoms with Crippen molar-refractivity contribution in [2.24, 2.45) is 5.10 Å². The topological polar surface area (TPSA) is 89.9 Å². The summed E-state index contributed by atoms with van der Waals surface area (Å²) in [5.41, 5.74) is 6.80. The van der Waals surface area contributed by atoms with E-state index in [0.717, 1.165) is 70.6 Å². The number of likely N-dealkylation sites (tertiary alicyclic amines) is 1. The van der Waals surface area contributed by atoms with Crippen LogP contribution in [0.15, 0.2) is 59.7 Å².